The van der Waals surface area contributed by atoms with Crippen LogP contribution in [0.3, 0.4) is 0 Å². The highest BCUT2D eigenvalue weighted by Crippen LogP contribution is 2.32. The van der Waals surface area contributed by atoms with Gasteiger partial charge in [0.1, 0.15) is 17.9 Å². The maximum atomic E-state index is 8.70. The molecule has 0 saturated heterocycles. The number of furan rings is 1. The van der Waals surface area contributed by atoms with Crippen molar-refractivity contribution in [2.24, 2.45) is 5.10 Å². The van der Waals surface area contributed by atoms with Crippen molar-refractivity contribution < 1.29 is 4.42 Å². The van der Waals surface area contributed by atoms with E-state index in [9.17, 15) is 0 Å². The number of hydrogen-bond acceptors (Lipinski definition) is 5. The number of nitrogens with zero attached hydrogens (tertiary/aromatic N) is 3. The van der Waals surface area contributed by atoms with Crippen molar-refractivity contribution in [2.75, 3.05) is 5.43 Å². The third kappa shape index (κ3) is 2.52. The number of nitrogens with one attached hydrogen (secondary N) is 1. The lowest BCUT2D eigenvalue weighted by molar-refractivity contribution is 0.632. The SMILES string of the molecule is N#CC(C#N)=NNc1cccc2cc(-c3ccccc3)oc12. The molecule has 0 unspecified atom stereocenters. The van der Waals surface area contributed by atoms with Crippen molar-refractivity contribution in [1.82, 2.24) is 0 Å². The molecule has 0 bridgehead atoms. The van der Waals surface area contributed by atoms with E-state index >= 15 is 0 Å². The molecule has 22 heavy (non-hydrogen) atoms. The lowest BCUT2D eigenvalue weighted by Gasteiger charge is -2.00. The highest BCUT2D eigenvalue weighted by Gasteiger charge is 2.09. The van der Waals surface area contributed by atoms with Gasteiger partial charge in [-0.3, -0.25) is 5.43 Å². The summed E-state index contributed by atoms with van der Waals surface area (Å²) in [6, 6.07) is 20.6. The van der Waals surface area contributed by atoms with Gasteiger partial charge in [-0.2, -0.15) is 15.6 Å². The summed E-state index contributed by atoms with van der Waals surface area (Å²) >= 11 is 0. The molecule has 2 aromatic carbocycles. The summed E-state index contributed by atoms with van der Waals surface area (Å²) in [5, 5.41) is 22.1. The number of hydrazone groups is 1. The predicted octanol–water partition coefficient (Wildman–Crippen LogP) is 3.91. The molecular formula is C17H10N4O. The Morgan fingerprint density at radius 1 is 1.00 bits per heavy atom. The zero-order chi connectivity index (χ0) is 15.4. The van der Waals surface area contributed by atoms with Crippen LogP contribution in [0.1, 0.15) is 0 Å². The molecule has 0 amide bonds. The highest BCUT2D eigenvalue weighted by atomic mass is 16.3. The van der Waals surface area contributed by atoms with Crippen LogP contribution in [-0.4, -0.2) is 5.71 Å². The summed E-state index contributed by atoms with van der Waals surface area (Å²) in [7, 11) is 0. The van der Waals surface area contributed by atoms with Crippen LogP contribution in [0.4, 0.5) is 5.69 Å². The van der Waals surface area contributed by atoms with Crippen LogP contribution in [0, 0.1) is 22.7 Å². The van der Waals surface area contributed by atoms with Crippen LogP contribution in [0.5, 0.6) is 0 Å². The van der Waals surface area contributed by atoms with Gasteiger partial charge in [0.25, 0.3) is 0 Å². The smallest absolute Gasteiger partial charge is 0.237 e. The van der Waals surface area contributed by atoms with Crippen LogP contribution in [0.25, 0.3) is 22.3 Å². The van der Waals surface area contributed by atoms with Crippen molar-refractivity contribution in [3.8, 4) is 23.5 Å². The van der Waals surface area contributed by atoms with Gasteiger partial charge >= 0.3 is 0 Å². The second-order valence-electron chi connectivity index (χ2n) is 4.50. The van der Waals surface area contributed by atoms with Gasteiger partial charge in [0.2, 0.25) is 5.71 Å². The molecule has 0 fully saturated rings. The first-order valence-corrected chi connectivity index (χ1v) is 6.53. The van der Waals surface area contributed by atoms with E-state index in [2.05, 4.69) is 10.5 Å². The zero-order valence-electron chi connectivity index (χ0n) is 11.4. The number of benzene rings is 2. The lowest BCUT2D eigenvalue weighted by atomic mass is 10.1. The Hall–Kier alpha value is -3.57. The largest absolute Gasteiger partial charge is 0.454 e. The Kier molecular flexibility index (Phi) is 3.55. The number of rotatable bonds is 3. The van der Waals surface area contributed by atoms with Crippen molar-refractivity contribution in [3.63, 3.8) is 0 Å². The summed E-state index contributed by atoms with van der Waals surface area (Å²) in [6.45, 7) is 0. The average molecular weight is 286 g/mol. The van der Waals surface area contributed by atoms with Gasteiger partial charge < -0.3 is 4.42 Å². The van der Waals surface area contributed by atoms with Crippen LogP contribution in [-0.2, 0) is 0 Å². The molecule has 0 radical (unpaired) electrons. The average Bonchev–Trinajstić information content (AvgIpc) is 3.01. The van der Waals surface area contributed by atoms with Crippen LogP contribution in [0.15, 0.2) is 64.1 Å². The fourth-order valence-corrected chi connectivity index (χ4v) is 2.09. The molecule has 1 N–H and O–H groups in total. The molecule has 104 valence electrons. The zero-order valence-corrected chi connectivity index (χ0v) is 11.4. The number of fused-ring (bicyclic) bond motifs is 1. The summed E-state index contributed by atoms with van der Waals surface area (Å²) in [6.07, 6.45) is 0. The summed E-state index contributed by atoms with van der Waals surface area (Å²) in [5.41, 5.74) is 4.66. The van der Waals surface area contributed by atoms with E-state index in [0.29, 0.717) is 11.3 Å². The number of anilines is 1. The predicted molar refractivity (Wildman–Crippen MR) is 83.9 cm³/mol. The molecule has 3 rings (SSSR count). The maximum absolute atomic E-state index is 8.70. The standard InChI is InChI=1S/C17H10N4O/c18-10-14(11-19)20-21-15-8-4-7-13-9-16(22-17(13)15)12-5-2-1-3-6-12/h1-9,21H. The van der Waals surface area contributed by atoms with E-state index in [-0.39, 0.29) is 5.71 Å². The molecular weight excluding hydrogens is 276 g/mol. The molecule has 5 nitrogen and oxygen atoms in total. The molecule has 0 spiro atoms. The van der Waals surface area contributed by atoms with E-state index in [1.165, 1.54) is 0 Å². The first-order chi connectivity index (χ1) is 10.8. The maximum Gasteiger partial charge on any atom is 0.237 e. The molecule has 5 heteroatoms. The van der Waals surface area contributed by atoms with Crippen LogP contribution < -0.4 is 5.43 Å². The van der Waals surface area contributed by atoms with Gasteiger partial charge in [-0.1, -0.05) is 42.5 Å². The van der Waals surface area contributed by atoms with E-state index < -0.39 is 0 Å². The monoisotopic (exact) mass is 286 g/mol. The van der Waals surface area contributed by atoms with Crippen molar-refractivity contribution in [2.45, 2.75) is 0 Å². The molecule has 0 aliphatic carbocycles. The molecule has 3 aromatic rings. The van der Waals surface area contributed by atoms with Crippen molar-refractivity contribution in [3.05, 3.63) is 54.6 Å². The van der Waals surface area contributed by atoms with E-state index in [1.54, 1.807) is 18.2 Å². The number of hydrogen-bond donors (Lipinski definition) is 1. The van der Waals surface area contributed by atoms with Gasteiger partial charge in [-0.05, 0) is 12.1 Å². The molecule has 0 saturated carbocycles. The summed E-state index contributed by atoms with van der Waals surface area (Å²) < 4.78 is 5.89. The summed E-state index contributed by atoms with van der Waals surface area (Å²) in [5.74, 6) is 0.745. The molecule has 0 aliphatic rings. The Labute approximate surface area is 126 Å². The Bertz CT molecular complexity index is 911. The lowest BCUT2D eigenvalue weighted by Crippen LogP contribution is -1.96. The number of nitriles is 2. The van der Waals surface area contributed by atoms with Crippen molar-refractivity contribution >= 4 is 22.4 Å². The highest BCUT2D eigenvalue weighted by molar-refractivity contribution is 6.10. The Morgan fingerprint density at radius 2 is 1.77 bits per heavy atom. The second kappa shape index (κ2) is 5.82. The Morgan fingerprint density at radius 3 is 2.50 bits per heavy atom. The van der Waals surface area contributed by atoms with Gasteiger partial charge in [0.05, 0.1) is 5.69 Å². The molecule has 0 aliphatic heterocycles. The molecule has 0 atom stereocenters. The van der Waals surface area contributed by atoms with Gasteiger partial charge in [-0.15, -0.1) is 0 Å². The van der Waals surface area contributed by atoms with Crippen LogP contribution >= 0.6 is 0 Å². The third-order valence-electron chi connectivity index (χ3n) is 3.10. The van der Waals surface area contributed by atoms with Crippen LogP contribution in [0.2, 0.25) is 0 Å². The minimum atomic E-state index is -0.244. The molecule has 1 aromatic heterocycles. The van der Waals surface area contributed by atoms with E-state index in [1.807, 2.05) is 48.5 Å². The number of para-hydroxylation sites is 1. The second-order valence-corrected chi connectivity index (χ2v) is 4.50. The normalized spacial score (nSPS) is 9.73. The minimum Gasteiger partial charge on any atom is -0.454 e. The first-order valence-electron chi connectivity index (χ1n) is 6.53. The third-order valence-corrected chi connectivity index (χ3v) is 3.10. The van der Waals surface area contributed by atoms with Gasteiger partial charge in [0, 0.05) is 10.9 Å². The summed E-state index contributed by atoms with van der Waals surface area (Å²) in [4.78, 5) is 0. The first kappa shape index (κ1) is 13.4. The topological polar surface area (TPSA) is 85.1 Å². The van der Waals surface area contributed by atoms with Gasteiger partial charge in [-0.25, -0.2) is 0 Å². The van der Waals surface area contributed by atoms with Gasteiger partial charge in [0.15, 0.2) is 5.58 Å². The Balaban J connectivity index is 2.03. The quantitative estimate of drug-likeness (QED) is 0.584. The fourth-order valence-electron chi connectivity index (χ4n) is 2.09. The van der Waals surface area contributed by atoms with E-state index in [0.717, 1.165) is 16.7 Å². The molecule has 1 heterocycles. The fraction of sp³-hybridized carbons (Fsp3) is 0. The van der Waals surface area contributed by atoms with E-state index in [4.69, 9.17) is 14.9 Å². The minimum absolute atomic E-state index is 0.244. The van der Waals surface area contributed by atoms with Crippen molar-refractivity contribution in [1.29, 1.82) is 10.5 Å².